The summed E-state index contributed by atoms with van der Waals surface area (Å²) < 4.78 is 18.3. The Labute approximate surface area is 211 Å². The van der Waals surface area contributed by atoms with E-state index in [-0.39, 0.29) is 6.42 Å². The molecule has 0 fully saturated rings. The Bertz CT molecular complexity index is 1350. The Morgan fingerprint density at radius 1 is 1.19 bits per heavy atom. The van der Waals surface area contributed by atoms with Crippen molar-refractivity contribution in [3.05, 3.63) is 87.8 Å². The maximum absolute atomic E-state index is 13.8. The van der Waals surface area contributed by atoms with Crippen LogP contribution < -0.4 is 10.6 Å². The van der Waals surface area contributed by atoms with E-state index in [1.807, 2.05) is 37.3 Å². The molecule has 0 saturated heterocycles. The van der Waals surface area contributed by atoms with E-state index < -0.39 is 23.7 Å². The molecule has 10 heteroatoms. The van der Waals surface area contributed by atoms with Crippen molar-refractivity contribution >= 4 is 29.4 Å². The van der Waals surface area contributed by atoms with Crippen LogP contribution in [0.2, 0.25) is 0 Å². The van der Waals surface area contributed by atoms with Gasteiger partial charge in [0.1, 0.15) is 11.9 Å². The number of carbonyl (C=O) groups is 2. The lowest BCUT2D eigenvalue weighted by atomic mass is 9.98. The van der Waals surface area contributed by atoms with E-state index in [4.69, 9.17) is 0 Å². The third kappa shape index (κ3) is 5.95. The van der Waals surface area contributed by atoms with Gasteiger partial charge in [0.05, 0.1) is 12.2 Å². The summed E-state index contributed by atoms with van der Waals surface area (Å²) >= 11 is 1.39. The molecule has 0 radical (unpaired) electrons. The van der Waals surface area contributed by atoms with E-state index in [1.54, 1.807) is 19.3 Å². The van der Waals surface area contributed by atoms with Gasteiger partial charge < -0.3 is 20.7 Å². The average molecular weight is 508 g/mol. The molecule has 1 amide bonds. The van der Waals surface area contributed by atoms with Gasteiger partial charge in [0.2, 0.25) is 0 Å². The number of nitrogens with one attached hydrogen (secondary N) is 3. The van der Waals surface area contributed by atoms with Crippen LogP contribution in [-0.4, -0.2) is 37.4 Å². The minimum Gasteiger partial charge on any atom is -0.480 e. The molecule has 2 aromatic carbocycles. The molecule has 0 spiro atoms. The molecule has 1 atom stereocenters. The van der Waals surface area contributed by atoms with E-state index in [0.29, 0.717) is 35.6 Å². The quantitative estimate of drug-likeness (QED) is 0.249. The number of halogens is 1. The van der Waals surface area contributed by atoms with Gasteiger partial charge in [0.15, 0.2) is 5.95 Å². The van der Waals surface area contributed by atoms with Crippen LogP contribution in [0.1, 0.15) is 38.8 Å². The summed E-state index contributed by atoms with van der Waals surface area (Å²) in [4.78, 5) is 33.0. The maximum atomic E-state index is 13.8. The number of aliphatic carboxylic acids is 1. The number of nitrogens with zero attached hydrogens (tertiary/aromatic N) is 2. The zero-order valence-corrected chi connectivity index (χ0v) is 20.7. The fraction of sp³-hybridized carbons (Fsp3) is 0.231. The first kappa shape index (κ1) is 25.1. The Kier molecular flexibility index (Phi) is 7.74. The van der Waals surface area contributed by atoms with Gasteiger partial charge in [-0.25, -0.2) is 14.2 Å². The van der Waals surface area contributed by atoms with Gasteiger partial charge in [-0.2, -0.15) is 4.37 Å². The van der Waals surface area contributed by atoms with Crippen LogP contribution in [0.15, 0.2) is 54.9 Å². The minimum atomic E-state index is -1.14. The SMILES string of the molecule is CCc1cc(F)cc(C)c1C(=O)NC(Cc1ccc(-c2cc(CNc3ncc[nH]3)sn2)cc1)C(=O)O. The van der Waals surface area contributed by atoms with E-state index in [9.17, 15) is 19.1 Å². The topological polar surface area (TPSA) is 120 Å². The molecule has 186 valence electrons. The highest BCUT2D eigenvalue weighted by molar-refractivity contribution is 7.06. The summed E-state index contributed by atoms with van der Waals surface area (Å²) in [5.74, 6) is -1.39. The molecule has 36 heavy (non-hydrogen) atoms. The van der Waals surface area contributed by atoms with Crippen molar-refractivity contribution in [1.29, 1.82) is 0 Å². The summed E-state index contributed by atoms with van der Waals surface area (Å²) in [5, 5.41) is 15.5. The smallest absolute Gasteiger partial charge is 0.326 e. The second-order valence-electron chi connectivity index (χ2n) is 8.35. The molecule has 0 aliphatic rings. The van der Waals surface area contributed by atoms with Crippen LogP contribution in [0, 0.1) is 12.7 Å². The van der Waals surface area contributed by atoms with Crippen molar-refractivity contribution in [2.24, 2.45) is 0 Å². The second-order valence-corrected chi connectivity index (χ2v) is 9.24. The largest absolute Gasteiger partial charge is 0.480 e. The van der Waals surface area contributed by atoms with Crippen molar-refractivity contribution in [1.82, 2.24) is 19.7 Å². The van der Waals surface area contributed by atoms with Crippen molar-refractivity contribution in [2.45, 2.75) is 39.3 Å². The number of carboxylic acids is 1. The normalized spacial score (nSPS) is 11.8. The van der Waals surface area contributed by atoms with Crippen molar-refractivity contribution in [2.75, 3.05) is 5.32 Å². The first-order valence-electron chi connectivity index (χ1n) is 11.4. The highest BCUT2D eigenvalue weighted by Gasteiger charge is 2.24. The lowest BCUT2D eigenvalue weighted by Gasteiger charge is -2.17. The number of hydrogen-bond donors (Lipinski definition) is 4. The minimum absolute atomic E-state index is 0.110. The second kappa shape index (κ2) is 11.1. The van der Waals surface area contributed by atoms with Gasteiger partial charge in [-0.15, -0.1) is 0 Å². The number of amides is 1. The fourth-order valence-electron chi connectivity index (χ4n) is 3.96. The molecule has 4 rings (SSSR count). The number of rotatable bonds is 10. The third-order valence-electron chi connectivity index (χ3n) is 5.77. The molecular formula is C26H26FN5O3S. The molecule has 0 saturated carbocycles. The number of aromatic nitrogens is 3. The Morgan fingerprint density at radius 2 is 1.97 bits per heavy atom. The molecule has 0 aliphatic heterocycles. The number of imidazole rings is 1. The van der Waals surface area contributed by atoms with Crippen molar-refractivity contribution in [3.63, 3.8) is 0 Å². The first-order chi connectivity index (χ1) is 17.3. The number of carbonyl (C=O) groups excluding carboxylic acids is 1. The highest BCUT2D eigenvalue weighted by Crippen LogP contribution is 2.24. The van der Waals surface area contributed by atoms with Gasteiger partial charge in [0, 0.05) is 34.8 Å². The molecule has 8 nitrogen and oxygen atoms in total. The number of H-pyrrole nitrogens is 1. The number of carboxylic acid groups (broad SMARTS) is 1. The standard InChI is InChI=1S/C26H26FN5O3S/c1-3-17-12-19(27)10-15(2)23(17)24(33)31-22(25(34)35)11-16-4-6-18(7-5-16)21-13-20(36-32-21)14-30-26-28-8-9-29-26/h4-10,12-13,22H,3,11,14H2,1-2H3,(H,31,33)(H,34,35)(H2,28,29,30). The molecule has 2 heterocycles. The fourth-order valence-corrected chi connectivity index (χ4v) is 4.63. The average Bonchev–Trinajstić information content (AvgIpc) is 3.54. The summed E-state index contributed by atoms with van der Waals surface area (Å²) in [6.45, 7) is 4.06. The number of aromatic amines is 1. The molecule has 0 bridgehead atoms. The maximum Gasteiger partial charge on any atom is 0.326 e. The van der Waals surface area contributed by atoms with Gasteiger partial charge in [0.25, 0.3) is 5.91 Å². The van der Waals surface area contributed by atoms with Crippen LogP contribution in [0.3, 0.4) is 0 Å². The van der Waals surface area contributed by atoms with Crippen molar-refractivity contribution in [3.8, 4) is 11.3 Å². The van der Waals surface area contributed by atoms with Gasteiger partial charge in [-0.1, -0.05) is 31.2 Å². The number of aryl methyl sites for hydroxylation is 2. The molecule has 4 aromatic rings. The summed E-state index contributed by atoms with van der Waals surface area (Å²) in [6.07, 6.45) is 3.99. The van der Waals surface area contributed by atoms with Gasteiger partial charge >= 0.3 is 5.97 Å². The molecule has 1 unspecified atom stereocenters. The number of benzene rings is 2. The van der Waals surface area contributed by atoms with Crippen LogP contribution >= 0.6 is 11.5 Å². The summed E-state index contributed by atoms with van der Waals surface area (Å²) in [5.41, 5.74) is 3.82. The van der Waals surface area contributed by atoms with Crippen molar-refractivity contribution < 1.29 is 19.1 Å². The van der Waals surface area contributed by atoms with Crippen LogP contribution in [-0.2, 0) is 24.2 Å². The van der Waals surface area contributed by atoms with Crippen LogP contribution in [0.4, 0.5) is 10.3 Å². The van der Waals surface area contributed by atoms with Gasteiger partial charge in [-0.3, -0.25) is 4.79 Å². The third-order valence-corrected chi connectivity index (χ3v) is 6.55. The number of anilines is 1. The number of hydrogen-bond acceptors (Lipinski definition) is 6. The molecule has 0 aliphatic carbocycles. The highest BCUT2D eigenvalue weighted by atomic mass is 32.1. The predicted octanol–water partition coefficient (Wildman–Crippen LogP) is 4.58. The zero-order valence-electron chi connectivity index (χ0n) is 19.8. The summed E-state index contributed by atoms with van der Waals surface area (Å²) in [7, 11) is 0. The lowest BCUT2D eigenvalue weighted by molar-refractivity contribution is -0.139. The predicted molar refractivity (Wildman–Crippen MR) is 137 cm³/mol. The Balaban J connectivity index is 1.42. The van der Waals surface area contributed by atoms with E-state index in [1.165, 1.54) is 23.7 Å². The van der Waals surface area contributed by atoms with Crippen LogP contribution in [0.25, 0.3) is 11.3 Å². The zero-order chi connectivity index (χ0) is 25.7. The van der Waals surface area contributed by atoms with E-state index >= 15 is 0 Å². The Hall–Kier alpha value is -4.05. The summed E-state index contributed by atoms with van der Waals surface area (Å²) in [6, 6.07) is 10.9. The molecular weight excluding hydrogens is 481 g/mol. The lowest BCUT2D eigenvalue weighted by Crippen LogP contribution is -2.42. The van der Waals surface area contributed by atoms with E-state index in [0.717, 1.165) is 21.7 Å². The monoisotopic (exact) mass is 507 g/mol. The van der Waals surface area contributed by atoms with E-state index in [2.05, 4.69) is 25.0 Å². The first-order valence-corrected chi connectivity index (χ1v) is 12.2. The molecule has 4 N–H and O–H groups in total. The van der Waals surface area contributed by atoms with Crippen LogP contribution in [0.5, 0.6) is 0 Å². The van der Waals surface area contributed by atoms with Gasteiger partial charge in [-0.05, 0) is 59.8 Å². The Morgan fingerprint density at radius 3 is 2.64 bits per heavy atom. The molecule has 2 aromatic heterocycles.